The molecule has 0 spiro atoms. The van der Waals surface area contributed by atoms with E-state index < -0.39 is 15.9 Å². The molecule has 0 bridgehead atoms. The van der Waals surface area contributed by atoms with Crippen LogP contribution >= 0.6 is 0 Å². The Hall–Kier alpha value is -1.07. The van der Waals surface area contributed by atoms with Crippen molar-refractivity contribution in [2.75, 3.05) is 18.6 Å². The smallest absolute Gasteiger partial charge is 0.147 e. The molecule has 0 saturated heterocycles. The summed E-state index contributed by atoms with van der Waals surface area (Å²) in [5.41, 5.74) is 0.862. The molecule has 18 heavy (non-hydrogen) atoms. The minimum atomic E-state index is -2.91. The zero-order valence-corrected chi connectivity index (χ0v) is 11.6. The van der Waals surface area contributed by atoms with E-state index in [-0.39, 0.29) is 5.75 Å². The first kappa shape index (κ1) is 15.0. The van der Waals surface area contributed by atoms with Crippen molar-refractivity contribution in [2.45, 2.75) is 25.9 Å². The number of aliphatic hydroxyl groups is 1. The molecular weight excluding hydrogens is 252 g/mol. The third-order valence-corrected chi connectivity index (χ3v) is 3.61. The van der Waals surface area contributed by atoms with Crippen molar-refractivity contribution in [2.24, 2.45) is 0 Å². The molecule has 0 fully saturated rings. The molecule has 0 aliphatic heterocycles. The van der Waals surface area contributed by atoms with E-state index in [0.29, 0.717) is 25.2 Å². The Kier molecular flexibility index (Phi) is 5.62. The molecule has 1 aromatic carbocycles. The number of hydrogen-bond acceptors (Lipinski definition) is 4. The topological polar surface area (TPSA) is 63.6 Å². The van der Waals surface area contributed by atoms with E-state index in [1.54, 1.807) is 12.1 Å². The van der Waals surface area contributed by atoms with Gasteiger partial charge >= 0.3 is 0 Å². The van der Waals surface area contributed by atoms with Crippen molar-refractivity contribution < 1.29 is 18.3 Å². The Labute approximate surface area is 109 Å². The molecule has 0 amide bonds. The molecule has 1 atom stereocenters. The maximum absolute atomic E-state index is 10.9. The van der Waals surface area contributed by atoms with Crippen molar-refractivity contribution in [3.05, 3.63) is 29.8 Å². The van der Waals surface area contributed by atoms with Crippen LogP contribution < -0.4 is 4.74 Å². The predicted molar refractivity (Wildman–Crippen MR) is 71.5 cm³/mol. The molecule has 5 heteroatoms. The number of aliphatic hydroxyl groups excluding tert-OH is 1. The van der Waals surface area contributed by atoms with Gasteiger partial charge in [-0.25, -0.2) is 8.42 Å². The molecule has 0 aliphatic carbocycles. The van der Waals surface area contributed by atoms with E-state index in [2.05, 4.69) is 0 Å². The second kappa shape index (κ2) is 6.75. The summed E-state index contributed by atoms with van der Waals surface area (Å²) in [7, 11) is -2.91. The highest BCUT2D eigenvalue weighted by atomic mass is 32.2. The zero-order chi connectivity index (χ0) is 13.6. The van der Waals surface area contributed by atoms with E-state index in [4.69, 9.17) is 4.74 Å². The molecule has 0 aliphatic rings. The van der Waals surface area contributed by atoms with Gasteiger partial charge in [-0.15, -0.1) is 0 Å². The van der Waals surface area contributed by atoms with E-state index in [0.717, 1.165) is 5.56 Å². The molecule has 1 aromatic rings. The molecule has 4 nitrogen and oxygen atoms in total. The number of sulfone groups is 1. The van der Waals surface area contributed by atoms with Gasteiger partial charge in [0.05, 0.1) is 18.5 Å². The maximum atomic E-state index is 10.9. The number of hydrogen-bond donors (Lipinski definition) is 1. The fraction of sp³-hybridized carbons (Fsp3) is 0.538. The lowest BCUT2D eigenvalue weighted by molar-refractivity contribution is 0.173. The second-order valence-electron chi connectivity index (χ2n) is 4.32. The standard InChI is InChI=1S/C13H20O4S/c1-3-13(14)11-5-7-12(8-6-11)17-9-4-10-18(2,15)16/h5-8,13-14H,3-4,9-10H2,1-2H3/t13-/m1/s1. The van der Waals surface area contributed by atoms with Crippen molar-refractivity contribution in [1.29, 1.82) is 0 Å². The molecule has 0 heterocycles. The lowest BCUT2D eigenvalue weighted by atomic mass is 10.1. The molecule has 1 N–H and O–H groups in total. The normalized spacial score (nSPS) is 13.3. The Morgan fingerprint density at radius 3 is 2.39 bits per heavy atom. The summed E-state index contributed by atoms with van der Waals surface area (Å²) in [6, 6.07) is 7.21. The van der Waals surface area contributed by atoms with Crippen LogP contribution in [0.1, 0.15) is 31.4 Å². The van der Waals surface area contributed by atoms with Crippen molar-refractivity contribution in [3.8, 4) is 5.75 Å². The fourth-order valence-electron chi connectivity index (χ4n) is 1.53. The molecule has 0 radical (unpaired) electrons. The van der Waals surface area contributed by atoms with Crippen LogP contribution in [-0.4, -0.2) is 32.1 Å². The first-order valence-electron chi connectivity index (χ1n) is 6.01. The summed E-state index contributed by atoms with van der Waals surface area (Å²) in [5.74, 6) is 0.829. The number of ether oxygens (including phenoxy) is 1. The Bertz CT molecular complexity index is 450. The number of benzene rings is 1. The SMILES string of the molecule is CC[C@@H](O)c1ccc(OCCCS(C)(=O)=O)cc1. The van der Waals surface area contributed by atoms with Crippen molar-refractivity contribution in [1.82, 2.24) is 0 Å². The Morgan fingerprint density at radius 2 is 1.89 bits per heavy atom. The highest BCUT2D eigenvalue weighted by molar-refractivity contribution is 7.90. The number of rotatable bonds is 7. The first-order chi connectivity index (χ1) is 8.42. The second-order valence-corrected chi connectivity index (χ2v) is 6.58. The lowest BCUT2D eigenvalue weighted by Gasteiger charge is -2.10. The third kappa shape index (κ3) is 5.51. The predicted octanol–water partition coefficient (Wildman–Crippen LogP) is 1.94. The van der Waals surface area contributed by atoms with Gasteiger partial charge < -0.3 is 9.84 Å². The molecule has 0 saturated carbocycles. The van der Waals surface area contributed by atoms with Crippen LogP contribution in [0.4, 0.5) is 0 Å². The van der Waals surface area contributed by atoms with Crippen LogP contribution in [0, 0.1) is 0 Å². The summed E-state index contributed by atoms with van der Waals surface area (Å²) < 4.78 is 27.2. The molecule has 102 valence electrons. The largest absolute Gasteiger partial charge is 0.494 e. The van der Waals surface area contributed by atoms with E-state index in [9.17, 15) is 13.5 Å². The minimum Gasteiger partial charge on any atom is -0.494 e. The minimum absolute atomic E-state index is 0.139. The zero-order valence-electron chi connectivity index (χ0n) is 10.8. The van der Waals surface area contributed by atoms with E-state index in [1.807, 2.05) is 19.1 Å². The highest BCUT2D eigenvalue weighted by Gasteiger charge is 2.05. The van der Waals surface area contributed by atoms with E-state index >= 15 is 0 Å². The van der Waals surface area contributed by atoms with Gasteiger partial charge in [0, 0.05) is 6.26 Å². The summed E-state index contributed by atoms with van der Waals surface area (Å²) in [5, 5.41) is 9.62. The van der Waals surface area contributed by atoms with Gasteiger partial charge in [0.15, 0.2) is 0 Å². The van der Waals surface area contributed by atoms with Crippen molar-refractivity contribution in [3.63, 3.8) is 0 Å². The van der Waals surface area contributed by atoms with Gasteiger partial charge in [-0.3, -0.25) is 0 Å². The van der Waals surface area contributed by atoms with Gasteiger partial charge in [-0.05, 0) is 30.5 Å². The summed E-state index contributed by atoms with van der Waals surface area (Å²) in [4.78, 5) is 0. The fourth-order valence-corrected chi connectivity index (χ4v) is 2.18. The van der Waals surface area contributed by atoms with Gasteiger partial charge in [0.1, 0.15) is 15.6 Å². The van der Waals surface area contributed by atoms with Crippen LogP contribution in [0.3, 0.4) is 0 Å². The van der Waals surface area contributed by atoms with Gasteiger partial charge in [-0.2, -0.15) is 0 Å². The van der Waals surface area contributed by atoms with Gasteiger partial charge in [-0.1, -0.05) is 19.1 Å². The Morgan fingerprint density at radius 1 is 1.28 bits per heavy atom. The molecule has 1 rings (SSSR count). The van der Waals surface area contributed by atoms with Gasteiger partial charge in [0.2, 0.25) is 0 Å². The monoisotopic (exact) mass is 272 g/mol. The molecule has 0 unspecified atom stereocenters. The highest BCUT2D eigenvalue weighted by Crippen LogP contribution is 2.19. The van der Waals surface area contributed by atoms with Crippen LogP contribution in [0.5, 0.6) is 5.75 Å². The molecule has 0 aromatic heterocycles. The third-order valence-electron chi connectivity index (χ3n) is 2.58. The van der Waals surface area contributed by atoms with E-state index in [1.165, 1.54) is 6.26 Å². The first-order valence-corrected chi connectivity index (χ1v) is 8.07. The maximum Gasteiger partial charge on any atom is 0.147 e. The quantitative estimate of drug-likeness (QED) is 0.770. The lowest BCUT2D eigenvalue weighted by Crippen LogP contribution is -2.08. The average molecular weight is 272 g/mol. The van der Waals surface area contributed by atoms with Crippen LogP contribution in [-0.2, 0) is 9.84 Å². The molecular formula is C13H20O4S. The summed E-state index contributed by atoms with van der Waals surface area (Å²) in [6.45, 7) is 2.29. The average Bonchev–Trinajstić information content (AvgIpc) is 2.33. The van der Waals surface area contributed by atoms with Crippen LogP contribution in [0.2, 0.25) is 0 Å². The Balaban J connectivity index is 2.40. The summed E-state index contributed by atoms with van der Waals surface area (Å²) >= 11 is 0. The van der Waals surface area contributed by atoms with Crippen LogP contribution in [0.25, 0.3) is 0 Å². The summed E-state index contributed by atoms with van der Waals surface area (Å²) in [6.07, 6.45) is 1.94. The van der Waals surface area contributed by atoms with Crippen molar-refractivity contribution >= 4 is 9.84 Å². The van der Waals surface area contributed by atoms with Gasteiger partial charge in [0.25, 0.3) is 0 Å². The van der Waals surface area contributed by atoms with Crippen LogP contribution in [0.15, 0.2) is 24.3 Å².